The molecule has 0 atom stereocenters. The highest BCUT2D eigenvalue weighted by atomic mass is 32.2. The number of rotatable bonds is 7. The van der Waals surface area contributed by atoms with E-state index in [0.717, 1.165) is 28.3 Å². The number of hydrogen-bond acceptors (Lipinski definition) is 6. The van der Waals surface area contributed by atoms with Crippen LogP contribution >= 0.6 is 11.8 Å². The number of hydrogen-bond donors (Lipinski definition) is 0. The summed E-state index contributed by atoms with van der Waals surface area (Å²) in [6, 6.07) is 12.5. The Morgan fingerprint density at radius 1 is 1.07 bits per heavy atom. The van der Waals surface area contributed by atoms with Crippen molar-refractivity contribution in [2.75, 3.05) is 13.7 Å². The summed E-state index contributed by atoms with van der Waals surface area (Å²) in [6.07, 6.45) is -4.39. The van der Waals surface area contributed by atoms with Crippen molar-refractivity contribution in [1.82, 2.24) is 29.8 Å². The molecule has 0 spiro atoms. The van der Waals surface area contributed by atoms with E-state index in [9.17, 15) is 13.2 Å². The molecule has 2 aromatic carbocycles. The van der Waals surface area contributed by atoms with E-state index >= 15 is 0 Å². The van der Waals surface area contributed by atoms with Crippen LogP contribution in [-0.2, 0) is 23.2 Å². The molecule has 0 saturated heterocycles. The Balaban J connectivity index is 1.57. The molecule has 0 N–H and O–H groups in total. The lowest BCUT2D eigenvalue weighted by Gasteiger charge is -2.09. The van der Waals surface area contributed by atoms with Gasteiger partial charge in [0.1, 0.15) is 0 Å². The molecule has 0 bridgehead atoms. The maximum atomic E-state index is 12.8. The van der Waals surface area contributed by atoms with Gasteiger partial charge in [-0.1, -0.05) is 23.9 Å². The van der Waals surface area contributed by atoms with Crippen LogP contribution in [0.25, 0.3) is 16.7 Å². The van der Waals surface area contributed by atoms with Crippen LogP contribution in [0.15, 0.2) is 53.7 Å². The van der Waals surface area contributed by atoms with Crippen LogP contribution in [0.4, 0.5) is 13.2 Å². The summed E-state index contributed by atoms with van der Waals surface area (Å²) in [5.41, 5.74) is 1.61. The summed E-state index contributed by atoms with van der Waals surface area (Å²) in [7, 11) is 1.64. The smallest absolute Gasteiger partial charge is 0.383 e. The SMILES string of the molecule is COCCn1c(SCc2nnnn2-c2ccc(C(F)(F)F)cc2)nc2ccccc21. The lowest BCUT2D eigenvalue weighted by Crippen LogP contribution is -2.07. The minimum Gasteiger partial charge on any atom is -0.383 e. The predicted octanol–water partition coefficient (Wildman–Crippen LogP) is 3.97. The number of imidazole rings is 1. The minimum atomic E-state index is -4.39. The first-order chi connectivity index (χ1) is 14.5. The van der Waals surface area contributed by atoms with Crippen LogP contribution < -0.4 is 0 Å². The Morgan fingerprint density at radius 2 is 1.83 bits per heavy atom. The van der Waals surface area contributed by atoms with Crippen molar-refractivity contribution in [3.63, 3.8) is 0 Å². The first-order valence-electron chi connectivity index (χ1n) is 8.99. The maximum absolute atomic E-state index is 12.8. The number of halogens is 3. The van der Waals surface area contributed by atoms with Crippen molar-refractivity contribution < 1.29 is 17.9 Å². The fraction of sp³-hybridized carbons (Fsp3) is 0.263. The normalized spacial score (nSPS) is 12.0. The third kappa shape index (κ3) is 4.17. The average molecular weight is 434 g/mol. The molecule has 4 aromatic rings. The highest BCUT2D eigenvalue weighted by Gasteiger charge is 2.30. The molecule has 0 fully saturated rings. The number of ether oxygens (including phenoxy) is 1. The monoisotopic (exact) mass is 434 g/mol. The number of methoxy groups -OCH3 is 1. The first-order valence-corrected chi connectivity index (χ1v) is 9.98. The third-order valence-corrected chi connectivity index (χ3v) is 5.41. The maximum Gasteiger partial charge on any atom is 0.416 e. The van der Waals surface area contributed by atoms with E-state index in [4.69, 9.17) is 4.74 Å². The van der Waals surface area contributed by atoms with E-state index in [2.05, 4.69) is 25.1 Å². The lowest BCUT2D eigenvalue weighted by atomic mass is 10.2. The number of tetrazole rings is 1. The standard InChI is InChI=1S/C19H17F3N6OS/c1-29-11-10-27-16-5-3-2-4-15(16)23-18(27)30-12-17-24-25-26-28(17)14-8-6-13(7-9-14)19(20,21)22/h2-9H,10-12H2,1H3. The number of para-hydroxylation sites is 2. The Morgan fingerprint density at radius 3 is 2.57 bits per heavy atom. The summed E-state index contributed by atoms with van der Waals surface area (Å²) in [5.74, 6) is 0.898. The Hall–Kier alpha value is -2.92. The second-order valence-corrected chi connectivity index (χ2v) is 7.31. The Kier molecular flexibility index (Phi) is 5.73. The van der Waals surface area contributed by atoms with Gasteiger partial charge >= 0.3 is 6.18 Å². The molecule has 0 amide bonds. The van der Waals surface area contributed by atoms with Crippen LogP contribution in [0, 0.1) is 0 Å². The second-order valence-electron chi connectivity index (χ2n) is 6.37. The van der Waals surface area contributed by atoms with Gasteiger partial charge in [-0.15, -0.1) is 5.10 Å². The summed E-state index contributed by atoms with van der Waals surface area (Å²) in [6.45, 7) is 1.18. The number of thioether (sulfide) groups is 1. The molecule has 0 aliphatic rings. The Bertz CT molecular complexity index is 1140. The van der Waals surface area contributed by atoms with Gasteiger partial charge in [0.25, 0.3) is 0 Å². The van der Waals surface area contributed by atoms with Crippen molar-refractivity contribution in [2.24, 2.45) is 0 Å². The molecule has 2 heterocycles. The quantitative estimate of drug-likeness (QED) is 0.410. The van der Waals surface area contributed by atoms with E-state index in [1.54, 1.807) is 7.11 Å². The highest BCUT2D eigenvalue weighted by Crippen LogP contribution is 2.30. The summed E-state index contributed by atoms with van der Waals surface area (Å²) < 4.78 is 47.1. The van der Waals surface area contributed by atoms with Crippen molar-refractivity contribution in [2.45, 2.75) is 23.6 Å². The van der Waals surface area contributed by atoms with Gasteiger partial charge in [-0.2, -0.15) is 17.9 Å². The van der Waals surface area contributed by atoms with Gasteiger partial charge in [0.15, 0.2) is 11.0 Å². The molecule has 156 valence electrons. The summed E-state index contributed by atoms with van der Waals surface area (Å²) >= 11 is 1.45. The van der Waals surface area contributed by atoms with Gasteiger partial charge in [0.2, 0.25) is 0 Å². The summed E-state index contributed by atoms with van der Waals surface area (Å²) in [5, 5.41) is 12.4. The molecule has 0 aliphatic carbocycles. The molecule has 2 aromatic heterocycles. The van der Waals surface area contributed by atoms with E-state index in [0.29, 0.717) is 30.4 Å². The van der Waals surface area contributed by atoms with Crippen molar-refractivity contribution in [3.8, 4) is 5.69 Å². The van der Waals surface area contributed by atoms with Gasteiger partial charge in [-0.3, -0.25) is 0 Å². The molecule has 0 radical (unpaired) electrons. The minimum absolute atomic E-state index is 0.393. The number of benzene rings is 2. The van der Waals surface area contributed by atoms with Gasteiger partial charge in [0.05, 0.1) is 34.6 Å². The lowest BCUT2D eigenvalue weighted by molar-refractivity contribution is -0.137. The first kappa shape index (κ1) is 20.4. The molecule has 0 saturated carbocycles. The fourth-order valence-electron chi connectivity index (χ4n) is 2.98. The molecule has 0 aliphatic heterocycles. The molecular weight excluding hydrogens is 417 g/mol. The second kappa shape index (κ2) is 8.44. The zero-order valence-electron chi connectivity index (χ0n) is 15.9. The van der Waals surface area contributed by atoms with Crippen LogP contribution in [0.2, 0.25) is 0 Å². The highest BCUT2D eigenvalue weighted by molar-refractivity contribution is 7.98. The van der Waals surface area contributed by atoms with Crippen molar-refractivity contribution in [1.29, 1.82) is 0 Å². The third-order valence-electron chi connectivity index (χ3n) is 4.44. The van der Waals surface area contributed by atoms with E-state index in [1.807, 2.05) is 24.3 Å². The van der Waals surface area contributed by atoms with Gasteiger partial charge in [0, 0.05) is 13.7 Å². The Labute approximate surface area is 173 Å². The zero-order chi connectivity index (χ0) is 21.1. The zero-order valence-corrected chi connectivity index (χ0v) is 16.7. The molecule has 30 heavy (non-hydrogen) atoms. The molecule has 7 nitrogen and oxygen atoms in total. The van der Waals surface area contributed by atoms with Crippen molar-refractivity contribution >= 4 is 22.8 Å². The van der Waals surface area contributed by atoms with E-state index < -0.39 is 11.7 Å². The largest absolute Gasteiger partial charge is 0.416 e. The number of fused-ring (bicyclic) bond motifs is 1. The van der Waals surface area contributed by atoms with Crippen LogP contribution in [0.3, 0.4) is 0 Å². The molecule has 0 unspecified atom stereocenters. The van der Waals surface area contributed by atoms with E-state index in [1.165, 1.54) is 28.6 Å². The molecule has 11 heteroatoms. The van der Waals surface area contributed by atoms with Crippen molar-refractivity contribution in [3.05, 3.63) is 59.9 Å². The van der Waals surface area contributed by atoms with Gasteiger partial charge < -0.3 is 9.30 Å². The number of aromatic nitrogens is 6. The average Bonchev–Trinajstić information content (AvgIpc) is 3.34. The predicted molar refractivity (Wildman–Crippen MR) is 105 cm³/mol. The number of alkyl halides is 3. The molecular formula is C19H17F3N6OS. The topological polar surface area (TPSA) is 70.7 Å². The van der Waals surface area contributed by atoms with Crippen LogP contribution in [0.1, 0.15) is 11.4 Å². The fourth-order valence-corrected chi connectivity index (χ4v) is 3.93. The van der Waals surface area contributed by atoms with Gasteiger partial charge in [-0.05, 0) is 46.8 Å². The summed E-state index contributed by atoms with van der Waals surface area (Å²) in [4.78, 5) is 4.67. The van der Waals surface area contributed by atoms with E-state index in [-0.39, 0.29) is 0 Å². The molecule has 4 rings (SSSR count). The van der Waals surface area contributed by atoms with Gasteiger partial charge in [-0.25, -0.2) is 4.98 Å². The van der Waals surface area contributed by atoms with Crippen LogP contribution in [-0.4, -0.2) is 43.5 Å². The number of nitrogens with zero attached hydrogens (tertiary/aromatic N) is 6. The van der Waals surface area contributed by atoms with Crippen LogP contribution in [0.5, 0.6) is 0 Å².